The fourth-order valence-corrected chi connectivity index (χ4v) is 3.88. The van der Waals surface area contributed by atoms with Gasteiger partial charge >= 0.3 is 0 Å². The highest BCUT2D eigenvalue weighted by Gasteiger charge is 2.40. The molecular weight excluding hydrogens is 284 g/mol. The predicted molar refractivity (Wildman–Crippen MR) is 101 cm³/mol. The molecule has 1 N–H and O–H groups in total. The van der Waals surface area contributed by atoms with Gasteiger partial charge < -0.3 is 5.11 Å². The van der Waals surface area contributed by atoms with Crippen LogP contribution in [0.1, 0.15) is 97.8 Å². The van der Waals surface area contributed by atoms with Crippen LogP contribution in [0.15, 0.2) is 4.99 Å². The molecule has 1 aliphatic rings. The molecule has 2 atom stereocenters. The van der Waals surface area contributed by atoms with Crippen LogP contribution < -0.4 is 0 Å². The molecule has 3 nitrogen and oxygen atoms in total. The van der Waals surface area contributed by atoms with Gasteiger partial charge in [-0.1, -0.05) is 71.1 Å². The van der Waals surface area contributed by atoms with Crippen molar-refractivity contribution in [1.82, 2.24) is 0 Å². The number of hydrogen-bond donors (Lipinski definition) is 1. The fourth-order valence-electron chi connectivity index (χ4n) is 3.88. The molecule has 0 aromatic heterocycles. The summed E-state index contributed by atoms with van der Waals surface area (Å²) >= 11 is 0. The van der Waals surface area contributed by atoms with Crippen molar-refractivity contribution in [2.75, 3.05) is 19.6 Å². The number of aliphatic hydroxyl groups excluding tert-OH is 1. The van der Waals surface area contributed by atoms with Gasteiger partial charge in [0.25, 0.3) is 0 Å². The van der Waals surface area contributed by atoms with Gasteiger partial charge in [0, 0.05) is 13.3 Å². The van der Waals surface area contributed by atoms with Crippen molar-refractivity contribution in [1.29, 1.82) is 0 Å². The van der Waals surface area contributed by atoms with E-state index in [-0.39, 0.29) is 6.23 Å². The van der Waals surface area contributed by atoms with Gasteiger partial charge in [-0.3, -0.25) is 4.48 Å². The molecule has 0 fully saturated rings. The molecule has 0 aromatic rings. The van der Waals surface area contributed by atoms with Crippen molar-refractivity contribution in [3.05, 3.63) is 0 Å². The van der Waals surface area contributed by atoms with Gasteiger partial charge in [0.2, 0.25) is 5.84 Å². The van der Waals surface area contributed by atoms with Crippen molar-refractivity contribution in [2.45, 2.75) is 104 Å². The second kappa shape index (κ2) is 12.0. The average molecular weight is 326 g/mol. The lowest BCUT2D eigenvalue weighted by Gasteiger charge is -2.36. The molecule has 3 heteroatoms. The third kappa shape index (κ3) is 6.93. The number of quaternary nitrogens is 1. The summed E-state index contributed by atoms with van der Waals surface area (Å²) in [6, 6.07) is 0. The number of aliphatic hydroxyl groups is 1. The molecule has 0 spiro atoms. The number of hydrogen-bond acceptors (Lipinski definition) is 2. The first-order chi connectivity index (χ1) is 11.2. The van der Waals surface area contributed by atoms with E-state index in [1.54, 1.807) is 0 Å². The van der Waals surface area contributed by atoms with Crippen LogP contribution in [0.4, 0.5) is 0 Å². The second-order valence-corrected chi connectivity index (χ2v) is 7.29. The van der Waals surface area contributed by atoms with Crippen LogP contribution in [0.5, 0.6) is 0 Å². The fraction of sp³-hybridized carbons (Fsp3) is 0.950. The maximum atomic E-state index is 10.1. The van der Waals surface area contributed by atoms with Crippen molar-refractivity contribution in [2.24, 2.45) is 4.99 Å². The summed E-state index contributed by atoms with van der Waals surface area (Å²) in [5.74, 6) is 1.25. The quantitative estimate of drug-likeness (QED) is 0.342. The first kappa shape index (κ1) is 20.6. The monoisotopic (exact) mass is 325 g/mol. The van der Waals surface area contributed by atoms with Crippen molar-refractivity contribution >= 4 is 5.84 Å². The summed E-state index contributed by atoms with van der Waals surface area (Å²) in [7, 11) is 0. The third-order valence-electron chi connectivity index (χ3n) is 5.59. The summed E-state index contributed by atoms with van der Waals surface area (Å²) in [5, 5.41) is 10.1. The van der Waals surface area contributed by atoms with Crippen LogP contribution in [0, 0.1) is 0 Å². The molecule has 0 aromatic carbocycles. The van der Waals surface area contributed by atoms with Gasteiger partial charge in [-0.15, -0.1) is 0 Å². The number of likely N-dealkylation sites (N-methyl/N-ethyl adjacent to an activating group) is 1. The minimum absolute atomic E-state index is 0.311. The molecule has 0 amide bonds. The zero-order chi connectivity index (χ0) is 17.0. The Hall–Kier alpha value is -0.410. The van der Waals surface area contributed by atoms with Crippen LogP contribution in [0.25, 0.3) is 0 Å². The molecule has 1 rings (SSSR count). The number of amidine groups is 1. The van der Waals surface area contributed by atoms with E-state index in [9.17, 15) is 5.11 Å². The van der Waals surface area contributed by atoms with Gasteiger partial charge in [0.05, 0.1) is 13.1 Å². The summed E-state index contributed by atoms with van der Waals surface area (Å²) in [6.07, 6.45) is 16.0. The van der Waals surface area contributed by atoms with E-state index in [4.69, 9.17) is 4.99 Å². The SMILES string of the molecule is CCCCCCCCCCCCCC1=NCC[N+]1(CC)C(C)O. The van der Waals surface area contributed by atoms with Crippen LogP contribution in [0.2, 0.25) is 0 Å². The first-order valence-electron chi connectivity index (χ1n) is 10.3. The Morgan fingerprint density at radius 3 is 1.91 bits per heavy atom. The number of unbranched alkanes of at least 4 members (excludes halogenated alkanes) is 10. The summed E-state index contributed by atoms with van der Waals surface area (Å²) in [6.45, 7) is 9.23. The van der Waals surface area contributed by atoms with E-state index in [2.05, 4.69) is 13.8 Å². The zero-order valence-electron chi connectivity index (χ0n) is 16.0. The normalized spacial score (nSPS) is 22.3. The van der Waals surface area contributed by atoms with E-state index in [0.29, 0.717) is 0 Å². The Morgan fingerprint density at radius 2 is 1.43 bits per heavy atom. The number of nitrogens with zero attached hydrogens (tertiary/aromatic N) is 2. The summed E-state index contributed by atoms with van der Waals surface area (Å²) < 4.78 is 0.720. The van der Waals surface area contributed by atoms with Crippen molar-refractivity contribution in [3.63, 3.8) is 0 Å². The molecule has 0 aliphatic carbocycles. The maximum absolute atomic E-state index is 10.1. The molecule has 0 radical (unpaired) electrons. The summed E-state index contributed by atoms with van der Waals surface area (Å²) in [5.41, 5.74) is 0. The Bertz CT molecular complexity index is 328. The van der Waals surface area contributed by atoms with Crippen LogP contribution >= 0.6 is 0 Å². The topological polar surface area (TPSA) is 32.6 Å². The van der Waals surface area contributed by atoms with Crippen molar-refractivity contribution in [3.8, 4) is 0 Å². The van der Waals surface area contributed by atoms with Gasteiger partial charge in [0.1, 0.15) is 6.54 Å². The molecule has 0 saturated heterocycles. The minimum atomic E-state index is -0.311. The Morgan fingerprint density at radius 1 is 0.913 bits per heavy atom. The standard InChI is InChI=1S/C20H41N2O/c1-4-6-7-8-9-10-11-12-13-14-15-16-20-21-17-18-22(20,5-2)19(3)23/h19,23H,4-18H2,1-3H3/q+1. The lowest BCUT2D eigenvalue weighted by molar-refractivity contribution is -0.882. The van der Waals surface area contributed by atoms with E-state index in [1.165, 1.54) is 76.5 Å². The Kier molecular flexibility index (Phi) is 10.8. The second-order valence-electron chi connectivity index (χ2n) is 7.29. The van der Waals surface area contributed by atoms with Gasteiger partial charge in [-0.25, -0.2) is 4.99 Å². The highest BCUT2D eigenvalue weighted by atomic mass is 16.3. The molecule has 23 heavy (non-hydrogen) atoms. The molecule has 136 valence electrons. The van der Waals surface area contributed by atoms with E-state index < -0.39 is 0 Å². The Balaban J connectivity index is 2.03. The third-order valence-corrected chi connectivity index (χ3v) is 5.59. The largest absolute Gasteiger partial charge is 0.345 e. The van der Waals surface area contributed by atoms with E-state index in [1.807, 2.05) is 6.92 Å². The minimum Gasteiger partial charge on any atom is -0.345 e. The van der Waals surface area contributed by atoms with Crippen LogP contribution in [-0.2, 0) is 0 Å². The molecule has 0 bridgehead atoms. The highest BCUT2D eigenvalue weighted by Crippen LogP contribution is 2.23. The summed E-state index contributed by atoms with van der Waals surface area (Å²) in [4.78, 5) is 4.69. The number of aliphatic imine (C=N–C) groups is 1. The maximum Gasteiger partial charge on any atom is 0.200 e. The number of rotatable bonds is 14. The lowest BCUT2D eigenvalue weighted by atomic mass is 10.0. The predicted octanol–water partition coefficient (Wildman–Crippen LogP) is 5.27. The van der Waals surface area contributed by atoms with Gasteiger partial charge in [-0.05, 0) is 13.3 Å². The van der Waals surface area contributed by atoms with Gasteiger partial charge in [0.15, 0.2) is 6.23 Å². The highest BCUT2D eigenvalue weighted by molar-refractivity contribution is 5.76. The molecule has 1 heterocycles. The molecule has 0 saturated carbocycles. The average Bonchev–Trinajstić information content (AvgIpc) is 2.97. The lowest BCUT2D eigenvalue weighted by Crippen LogP contribution is -2.56. The smallest absolute Gasteiger partial charge is 0.200 e. The zero-order valence-corrected chi connectivity index (χ0v) is 16.0. The van der Waals surface area contributed by atoms with Crippen LogP contribution in [-0.4, -0.2) is 41.3 Å². The van der Waals surface area contributed by atoms with Crippen molar-refractivity contribution < 1.29 is 9.59 Å². The Labute approximate surface area is 144 Å². The van der Waals surface area contributed by atoms with E-state index >= 15 is 0 Å². The van der Waals surface area contributed by atoms with Gasteiger partial charge in [-0.2, -0.15) is 0 Å². The molecule has 2 unspecified atom stereocenters. The first-order valence-corrected chi connectivity index (χ1v) is 10.3. The molecular formula is C20H41N2O+. The molecule has 1 aliphatic heterocycles. The van der Waals surface area contributed by atoms with Crippen LogP contribution in [0.3, 0.4) is 0 Å². The van der Waals surface area contributed by atoms with E-state index in [0.717, 1.165) is 30.5 Å².